The number of rotatable bonds is 1. The van der Waals surface area contributed by atoms with Crippen LogP contribution in [0.15, 0.2) is 9.95 Å². The molecule has 1 heterocycles. The van der Waals surface area contributed by atoms with Crippen LogP contribution in [0, 0.1) is 0 Å². The van der Waals surface area contributed by atoms with Crippen molar-refractivity contribution in [3.63, 3.8) is 0 Å². The van der Waals surface area contributed by atoms with Gasteiger partial charge in [0.05, 0.1) is 0 Å². The summed E-state index contributed by atoms with van der Waals surface area (Å²) < 4.78 is 1.04. The number of hydrogen-bond donors (Lipinski definition) is 1. The summed E-state index contributed by atoms with van der Waals surface area (Å²) >= 11 is 1.29. The molecule has 0 amide bonds. The lowest BCUT2D eigenvalue weighted by molar-refractivity contribution is 0.520. The minimum Gasteiger partial charge on any atom is -0.724 e. The van der Waals surface area contributed by atoms with Crippen molar-refractivity contribution in [1.29, 1.82) is 0 Å². The number of thioether (sulfide) groups is 1. The van der Waals surface area contributed by atoms with Crippen molar-refractivity contribution in [2.24, 2.45) is 0 Å². The number of carbonyl (C=O) groups excluding carboxylic acids is 1. The molecule has 1 aromatic rings. The van der Waals surface area contributed by atoms with E-state index in [1.54, 1.807) is 6.26 Å². The van der Waals surface area contributed by atoms with Crippen molar-refractivity contribution in [3.8, 4) is 0 Å². The highest BCUT2D eigenvalue weighted by molar-refractivity contribution is 7.98. The number of nitrogen functional groups attached to an aromatic ring is 1. The van der Waals surface area contributed by atoms with Gasteiger partial charge >= 0.3 is 0 Å². The van der Waals surface area contributed by atoms with E-state index >= 15 is 0 Å². The lowest BCUT2D eigenvalue weighted by Gasteiger charge is -2.16. The van der Waals surface area contributed by atoms with Crippen molar-refractivity contribution in [2.45, 2.75) is 31.3 Å². The molecular weight excluding hydrogens is 242 g/mol. The average molecular weight is 256 g/mol. The first kappa shape index (κ1) is 15.3. The molecule has 8 heteroatoms. The second-order valence-corrected chi connectivity index (χ2v) is 4.83. The summed E-state index contributed by atoms with van der Waals surface area (Å²) in [6.45, 7) is 5.70. The van der Waals surface area contributed by atoms with E-state index in [1.165, 1.54) is 11.8 Å². The van der Waals surface area contributed by atoms with Crippen molar-refractivity contribution < 1.29 is 4.79 Å². The van der Waals surface area contributed by atoms with Crippen molar-refractivity contribution in [2.75, 3.05) is 12.1 Å². The van der Waals surface area contributed by atoms with Crippen molar-refractivity contribution >= 4 is 17.8 Å². The van der Waals surface area contributed by atoms with Crippen LogP contribution in [0.5, 0.6) is 0 Å². The van der Waals surface area contributed by atoms with Crippen LogP contribution in [0.3, 0.4) is 0 Å². The largest absolute Gasteiger partial charge is 0.724 e. The summed E-state index contributed by atoms with van der Waals surface area (Å²) in [6, 6.07) is 0. The van der Waals surface area contributed by atoms with Crippen LogP contribution in [0.25, 0.3) is 5.41 Å². The lowest BCUT2D eigenvalue weighted by Crippen LogP contribution is -2.37. The summed E-state index contributed by atoms with van der Waals surface area (Å²) in [5.74, 6) is 5.57. The van der Waals surface area contributed by atoms with Gasteiger partial charge in [0.15, 0.2) is 0 Å². The van der Waals surface area contributed by atoms with Gasteiger partial charge in [-0.05, 0) is 12.3 Å². The van der Waals surface area contributed by atoms with Crippen LogP contribution >= 0.6 is 11.8 Å². The smallest absolute Gasteiger partial charge is 0.295 e. The number of aromatic nitrogens is 3. The Balaban J connectivity index is 0.000000770. The molecule has 17 heavy (non-hydrogen) atoms. The predicted molar refractivity (Wildman–Crippen MR) is 66.0 cm³/mol. The molecule has 0 aromatic carbocycles. The minimum absolute atomic E-state index is 0.281. The van der Waals surface area contributed by atoms with E-state index in [9.17, 15) is 4.79 Å². The maximum atomic E-state index is 11.7. The van der Waals surface area contributed by atoms with E-state index in [0.717, 1.165) is 4.68 Å². The Kier molecular flexibility index (Phi) is 5.57. The van der Waals surface area contributed by atoms with Gasteiger partial charge in [-0.3, -0.25) is 9.59 Å². The fourth-order valence-corrected chi connectivity index (χ4v) is 1.40. The van der Waals surface area contributed by atoms with Gasteiger partial charge in [0.2, 0.25) is 5.16 Å². The fraction of sp³-hybridized carbons (Fsp3) is 0.556. The summed E-state index contributed by atoms with van der Waals surface area (Å²) in [4.78, 5) is 20.0. The SMILES string of the molecule is CSc1nnc(C(C)(C)C)c(=O)n1N.[N-]=C=O. The zero-order chi connectivity index (χ0) is 13.6. The van der Waals surface area contributed by atoms with Gasteiger partial charge in [0.25, 0.3) is 5.56 Å². The van der Waals surface area contributed by atoms with E-state index in [4.69, 9.17) is 16.0 Å². The zero-order valence-electron chi connectivity index (χ0n) is 10.1. The second-order valence-electron chi connectivity index (χ2n) is 4.05. The summed E-state index contributed by atoms with van der Waals surface area (Å²) in [7, 11) is 0. The first-order valence-electron chi connectivity index (χ1n) is 4.60. The first-order chi connectivity index (χ1) is 7.79. The molecule has 0 atom stereocenters. The Morgan fingerprint density at radius 3 is 2.24 bits per heavy atom. The molecule has 0 bridgehead atoms. The number of isocyanates is 1. The Hall–Kier alpha value is -1.66. The van der Waals surface area contributed by atoms with E-state index in [0.29, 0.717) is 16.9 Å². The van der Waals surface area contributed by atoms with Crippen LogP contribution < -0.4 is 11.4 Å². The summed E-state index contributed by atoms with van der Waals surface area (Å²) in [5, 5.41) is 15.0. The van der Waals surface area contributed by atoms with Crippen LogP contribution in [0.2, 0.25) is 0 Å². The summed E-state index contributed by atoms with van der Waals surface area (Å²) in [5.41, 5.74) is -0.225. The molecular formula is C9H14N5O2S-. The number of hydrogen-bond acceptors (Lipinski definition) is 6. The molecule has 0 aliphatic heterocycles. The van der Waals surface area contributed by atoms with Crippen LogP contribution in [-0.2, 0) is 10.2 Å². The average Bonchev–Trinajstić information content (AvgIpc) is 2.21. The van der Waals surface area contributed by atoms with E-state index in [2.05, 4.69) is 10.2 Å². The zero-order valence-corrected chi connectivity index (χ0v) is 10.9. The van der Waals surface area contributed by atoms with E-state index < -0.39 is 0 Å². The molecule has 0 aliphatic rings. The standard InChI is InChI=1S/C8H14N4OS.CNO/c1-8(2,3)5-6(13)12(9)7(14-4)11-10-5;2-1-3/h9H2,1-4H3;/q;-1. The van der Waals surface area contributed by atoms with E-state index in [-0.39, 0.29) is 11.0 Å². The van der Waals surface area contributed by atoms with Gasteiger partial charge in [0, 0.05) is 5.41 Å². The highest BCUT2D eigenvalue weighted by Crippen LogP contribution is 2.16. The van der Waals surface area contributed by atoms with Gasteiger partial charge < -0.3 is 11.3 Å². The molecule has 0 saturated carbocycles. The van der Waals surface area contributed by atoms with Crippen LogP contribution in [0.4, 0.5) is 0 Å². The van der Waals surface area contributed by atoms with Gasteiger partial charge in [-0.15, -0.1) is 10.2 Å². The molecule has 1 rings (SSSR count). The molecule has 7 nitrogen and oxygen atoms in total. The molecule has 0 radical (unpaired) electrons. The molecule has 1 aromatic heterocycles. The van der Waals surface area contributed by atoms with Crippen molar-refractivity contribution in [1.82, 2.24) is 14.9 Å². The minimum atomic E-state index is -0.331. The molecule has 0 spiro atoms. The third-order valence-corrected chi connectivity index (χ3v) is 2.40. The third kappa shape index (κ3) is 4.01. The van der Waals surface area contributed by atoms with Gasteiger partial charge in [0.1, 0.15) is 5.69 Å². The molecule has 0 unspecified atom stereocenters. The Morgan fingerprint density at radius 2 is 1.88 bits per heavy atom. The fourth-order valence-electron chi connectivity index (χ4n) is 0.995. The quantitative estimate of drug-likeness (QED) is 0.334. The Labute approximate surface area is 103 Å². The molecule has 2 N–H and O–H groups in total. The molecule has 0 aliphatic carbocycles. The lowest BCUT2D eigenvalue weighted by atomic mass is 9.93. The third-order valence-electron chi connectivity index (χ3n) is 1.76. The van der Waals surface area contributed by atoms with E-state index in [1.807, 2.05) is 20.8 Å². The maximum Gasteiger partial charge on any atom is 0.295 e. The van der Waals surface area contributed by atoms with Gasteiger partial charge in [-0.2, -0.15) is 4.68 Å². The number of nitrogens with zero attached hydrogens (tertiary/aromatic N) is 4. The highest BCUT2D eigenvalue weighted by Gasteiger charge is 2.22. The Morgan fingerprint density at radius 1 is 1.41 bits per heavy atom. The predicted octanol–water partition coefficient (Wildman–Crippen LogP) is 0.263. The van der Waals surface area contributed by atoms with Gasteiger partial charge in [-0.25, -0.2) is 0 Å². The normalized spacial score (nSPS) is 10.1. The van der Waals surface area contributed by atoms with Crippen LogP contribution in [0.1, 0.15) is 26.5 Å². The monoisotopic (exact) mass is 256 g/mol. The summed E-state index contributed by atoms with van der Waals surface area (Å²) in [6.07, 6.45) is 2.30. The Bertz CT molecular complexity index is 471. The van der Waals surface area contributed by atoms with Crippen molar-refractivity contribution in [3.05, 3.63) is 21.5 Å². The molecule has 0 fully saturated rings. The topological polar surface area (TPSA) is 113 Å². The van der Waals surface area contributed by atoms with Gasteiger partial charge in [-0.1, -0.05) is 32.5 Å². The van der Waals surface area contributed by atoms with Crippen LogP contribution in [-0.4, -0.2) is 27.2 Å². The second kappa shape index (κ2) is 6.17. The maximum absolute atomic E-state index is 11.7. The molecule has 94 valence electrons. The number of nitrogens with two attached hydrogens (primary N) is 1. The highest BCUT2D eigenvalue weighted by atomic mass is 32.2. The molecule has 0 saturated heterocycles. The first-order valence-corrected chi connectivity index (χ1v) is 5.82.